The predicted molar refractivity (Wildman–Crippen MR) is 124 cm³/mol. The molecule has 2 bridgehead atoms. The number of carbonyl (C=O) groups is 1. The van der Waals surface area contributed by atoms with E-state index < -0.39 is 36.0 Å². The number of aliphatic hydroxyl groups is 2. The molecule has 2 aliphatic rings. The summed E-state index contributed by atoms with van der Waals surface area (Å²) in [6.45, 7) is 3.97. The zero-order valence-electron chi connectivity index (χ0n) is 19.7. The van der Waals surface area contributed by atoms with Gasteiger partial charge in [0.1, 0.15) is 12.4 Å². The number of aliphatic hydroxyl groups excluding tert-OH is 2. The van der Waals surface area contributed by atoms with Crippen molar-refractivity contribution in [3.05, 3.63) is 64.2 Å². The average Bonchev–Trinajstić information content (AvgIpc) is 3.24. The first-order chi connectivity index (χ1) is 16.8. The number of ether oxygens (including phenoxy) is 6. The molecule has 35 heavy (non-hydrogen) atoms. The minimum Gasteiger partial charge on any atom is -0.494 e. The van der Waals surface area contributed by atoms with Gasteiger partial charge < -0.3 is 38.6 Å². The van der Waals surface area contributed by atoms with Crippen molar-refractivity contribution in [1.29, 1.82) is 0 Å². The molecule has 2 fully saturated rings. The van der Waals surface area contributed by atoms with Crippen LogP contribution in [0.5, 0.6) is 5.75 Å². The summed E-state index contributed by atoms with van der Waals surface area (Å²) in [6.07, 6.45) is -5.10. The van der Waals surface area contributed by atoms with Crippen LogP contribution in [0.3, 0.4) is 0 Å². The average molecular weight is 509 g/mol. The molecule has 0 amide bonds. The van der Waals surface area contributed by atoms with Gasteiger partial charge in [-0.2, -0.15) is 0 Å². The summed E-state index contributed by atoms with van der Waals surface area (Å²) in [4.78, 5) is 12.0. The fraction of sp³-hybridized carbons (Fsp3) is 0.480. The summed E-state index contributed by atoms with van der Waals surface area (Å²) in [5.41, 5.74) is 2.18. The summed E-state index contributed by atoms with van der Waals surface area (Å²) < 4.78 is 33.0. The quantitative estimate of drug-likeness (QED) is 0.519. The molecule has 10 heteroatoms. The Morgan fingerprint density at radius 1 is 1.11 bits per heavy atom. The van der Waals surface area contributed by atoms with Gasteiger partial charge in [-0.05, 0) is 55.7 Å². The third kappa shape index (κ3) is 4.72. The SMILES string of the molecule is CCOC(=O)O[C@@H]1[C@@H](O)[C@@]2(c3ccc(Cl)c(Cc4ccc(OCC)cc4)c3)OC[C@](OC)(O2)[C@H]1O. The van der Waals surface area contributed by atoms with Gasteiger partial charge in [0.2, 0.25) is 11.6 Å². The first kappa shape index (κ1) is 25.7. The van der Waals surface area contributed by atoms with E-state index in [1.54, 1.807) is 25.1 Å². The Kier molecular flexibility index (Phi) is 7.56. The number of methoxy groups -OCH3 is 1. The number of hydrogen-bond donors (Lipinski definition) is 2. The van der Waals surface area contributed by atoms with Crippen LogP contribution in [0.2, 0.25) is 5.02 Å². The minimum absolute atomic E-state index is 0.0669. The van der Waals surface area contributed by atoms with Gasteiger partial charge in [0, 0.05) is 17.7 Å². The first-order valence-electron chi connectivity index (χ1n) is 11.4. The van der Waals surface area contributed by atoms with Gasteiger partial charge in [0.05, 0.1) is 13.2 Å². The summed E-state index contributed by atoms with van der Waals surface area (Å²) in [6, 6.07) is 12.7. The standard InChI is InChI=1S/C25H29ClO9/c1-4-31-18-9-6-15(7-10-18)12-16-13-17(8-11-19(16)26)25-22(28)20(34-23(29)32-5-2)21(27)24(30-3,35-25)14-33-25/h6-11,13,20-22,27-28H,4-5,12,14H2,1-3H3/t20-,21-,22+,24-,25-/m0/s1. The second-order valence-corrected chi connectivity index (χ2v) is 8.70. The smallest absolute Gasteiger partial charge is 0.494 e. The molecule has 2 saturated heterocycles. The molecule has 0 spiro atoms. The highest BCUT2D eigenvalue weighted by Crippen LogP contribution is 2.51. The third-order valence-corrected chi connectivity index (χ3v) is 6.56. The van der Waals surface area contributed by atoms with E-state index in [0.717, 1.165) is 16.9 Å². The molecule has 2 aromatic rings. The minimum atomic E-state index is -1.77. The van der Waals surface area contributed by atoms with Gasteiger partial charge in [-0.1, -0.05) is 29.8 Å². The lowest BCUT2D eigenvalue weighted by Gasteiger charge is -2.46. The van der Waals surface area contributed by atoms with Crippen LogP contribution in [0.4, 0.5) is 4.79 Å². The van der Waals surface area contributed by atoms with Gasteiger partial charge in [0.15, 0.2) is 18.3 Å². The molecule has 5 atom stereocenters. The molecule has 4 rings (SSSR count). The third-order valence-electron chi connectivity index (χ3n) is 6.19. The van der Waals surface area contributed by atoms with Crippen LogP contribution in [0.15, 0.2) is 42.5 Å². The highest BCUT2D eigenvalue weighted by atomic mass is 35.5. The van der Waals surface area contributed by atoms with Crippen LogP contribution < -0.4 is 4.74 Å². The maximum atomic E-state index is 12.0. The van der Waals surface area contributed by atoms with Crippen molar-refractivity contribution in [3.63, 3.8) is 0 Å². The van der Waals surface area contributed by atoms with Gasteiger partial charge in [-0.25, -0.2) is 4.79 Å². The molecule has 0 unspecified atom stereocenters. The maximum Gasteiger partial charge on any atom is 0.508 e. The van der Waals surface area contributed by atoms with E-state index in [2.05, 4.69) is 0 Å². The summed E-state index contributed by atoms with van der Waals surface area (Å²) in [5, 5.41) is 22.6. The molecule has 0 aromatic heterocycles. The summed E-state index contributed by atoms with van der Waals surface area (Å²) >= 11 is 6.49. The molecule has 0 saturated carbocycles. The zero-order valence-corrected chi connectivity index (χ0v) is 20.5. The first-order valence-corrected chi connectivity index (χ1v) is 11.8. The van der Waals surface area contributed by atoms with Crippen molar-refractivity contribution in [2.75, 3.05) is 26.9 Å². The van der Waals surface area contributed by atoms with Crippen LogP contribution in [0.25, 0.3) is 0 Å². The Morgan fingerprint density at radius 2 is 1.86 bits per heavy atom. The van der Waals surface area contributed by atoms with Gasteiger partial charge in [-0.3, -0.25) is 0 Å². The normalized spacial score (nSPS) is 29.6. The summed E-state index contributed by atoms with van der Waals surface area (Å²) in [5.74, 6) is -2.66. The predicted octanol–water partition coefficient (Wildman–Crippen LogP) is 3.15. The Morgan fingerprint density at radius 3 is 2.51 bits per heavy atom. The molecule has 0 aliphatic carbocycles. The largest absolute Gasteiger partial charge is 0.508 e. The van der Waals surface area contributed by atoms with Crippen LogP contribution in [0, 0.1) is 0 Å². The van der Waals surface area contributed by atoms with Crippen LogP contribution >= 0.6 is 11.6 Å². The lowest BCUT2D eigenvalue weighted by atomic mass is 9.87. The molecular weight excluding hydrogens is 480 g/mol. The van der Waals surface area contributed by atoms with Crippen molar-refractivity contribution in [2.45, 2.75) is 50.2 Å². The Bertz CT molecular complexity index is 1050. The van der Waals surface area contributed by atoms with E-state index >= 15 is 0 Å². The van der Waals surface area contributed by atoms with Crippen molar-refractivity contribution >= 4 is 17.8 Å². The monoisotopic (exact) mass is 508 g/mol. The molecule has 9 nitrogen and oxygen atoms in total. The molecular formula is C25H29ClO9. The van der Waals surface area contributed by atoms with Gasteiger partial charge >= 0.3 is 6.16 Å². The number of benzene rings is 2. The molecule has 2 N–H and O–H groups in total. The molecule has 2 heterocycles. The van der Waals surface area contributed by atoms with Crippen LogP contribution in [-0.4, -0.2) is 67.4 Å². The van der Waals surface area contributed by atoms with Crippen molar-refractivity contribution in [3.8, 4) is 5.75 Å². The Hall–Kier alpha value is -2.40. The number of halogens is 1. The summed E-state index contributed by atoms with van der Waals surface area (Å²) in [7, 11) is 1.33. The second kappa shape index (κ2) is 10.3. The Labute approximate surface area is 208 Å². The fourth-order valence-corrected chi connectivity index (χ4v) is 4.58. The van der Waals surface area contributed by atoms with E-state index in [-0.39, 0.29) is 13.2 Å². The van der Waals surface area contributed by atoms with Crippen LogP contribution in [0.1, 0.15) is 30.5 Å². The number of fused-ring (bicyclic) bond motifs is 2. The van der Waals surface area contributed by atoms with E-state index in [1.807, 2.05) is 31.2 Å². The van der Waals surface area contributed by atoms with Crippen molar-refractivity contribution < 1.29 is 43.4 Å². The van der Waals surface area contributed by atoms with Gasteiger partial charge in [0.25, 0.3) is 0 Å². The maximum absolute atomic E-state index is 12.0. The van der Waals surface area contributed by atoms with E-state index in [0.29, 0.717) is 23.6 Å². The van der Waals surface area contributed by atoms with Crippen molar-refractivity contribution in [2.24, 2.45) is 0 Å². The van der Waals surface area contributed by atoms with Crippen molar-refractivity contribution in [1.82, 2.24) is 0 Å². The second-order valence-electron chi connectivity index (χ2n) is 8.29. The lowest BCUT2D eigenvalue weighted by Crippen LogP contribution is -2.66. The zero-order chi connectivity index (χ0) is 25.2. The van der Waals surface area contributed by atoms with E-state index in [1.165, 1.54) is 7.11 Å². The fourth-order valence-electron chi connectivity index (χ4n) is 4.40. The number of carbonyl (C=O) groups excluding carboxylic acids is 1. The van der Waals surface area contributed by atoms with E-state index in [9.17, 15) is 15.0 Å². The van der Waals surface area contributed by atoms with Crippen LogP contribution in [-0.2, 0) is 35.9 Å². The van der Waals surface area contributed by atoms with Gasteiger partial charge in [-0.15, -0.1) is 0 Å². The molecule has 2 aromatic carbocycles. The van der Waals surface area contributed by atoms with E-state index in [4.69, 9.17) is 40.0 Å². The molecule has 0 radical (unpaired) electrons. The topological polar surface area (TPSA) is 113 Å². The highest BCUT2D eigenvalue weighted by Gasteiger charge is 2.69. The Balaban J connectivity index is 1.66. The number of hydrogen-bond acceptors (Lipinski definition) is 9. The number of rotatable bonds is 8. The lowest BCUT2D eigenvalue weighted by molar-refractivity contribution is -0.375. The highest BCUT2D eigenvalue weighted by molar-refractivity contribution is 6.31. The molecule has 190 valence electrons. The molecule has 2 aliphatic heterocycles.